The molecule has 0 saturated carbocycles. The van der Waals surface area contributed by atoms with Gasteiger partial charge < -0.3 is 4.74 Å². The molecule has 0 bridgehead atoms. The molecule has 1 aliphatic heterocycles. The van der Waals surface area contributed by atoms with Crippen molar-refractivity contribution in [3.8, 4) is 0 Å². The van der Waals surface area contributed by atoms with Crippen LogP contribution in [0.2, 0.25) is 0 Å². The van der Waals surface area contributed by atoms with Gasteiger partial charge in [0.1, 0.15) is 0 Å². The minimum Gasteiger partial charge on any atom is -0.373 e. The van der Waals surface area contributed by atoms with E-state index < -0.39 is 14.9 Å². The Morgan fingerprint density at radius 3 is 2.33 bits per heavy atom. The van der Waals surface area contributed by atoms with E-state index in [1.54, 1.807) is 0 Å². The average molecular weight is 357 g/mol. The molecular formula is C15H23N3O5S. The number of morpholine rings is 1. The van der Waals surface area contributed by atoms with Crippen LogP contribution in [0.1, 0.15) is 20.8 Å². The van der Waals surface area contributed by atoms with Gasteiger partial charge in [0.25, 0.3) is 5.69 Å². The fourth-order valence-corrected chi connectivity index (χ4v) is 3.89. The largest absolute Gasteiger partial charge is 0.373 e. The summed E-state index contributed by atoms with van der Waals surface area (Å²) in [4.78, 5) is 12.3. The van der Waals surface area contributed by atoms with Gasteiger partial charge in [-0.1, -0.05) is 0 Å². The highest BCUT2D eigenvalue weighted by Crippen LogP contribution is 2.17. The monoisotopic (exact) mass is 357 g/mol. The quantitative estimate of drug-likeness (QED) is 0.609. The first-order valence-corrected chi connectivity index (χ1v) is 9.31. The standard InChI is InChI=1S/C15H23N3O5S/c1-11(17-9-12(2)23-13(3)10-17)8-16-24(21,22)15-6-4-14(5-7-15)18(19)20/h4-7,11-13,16H,8-10H2,1-3H3/t11-,12+,13+/m0/s1. The molecule has 0 aromatic heterocycles. The second-order valence-corrected chi connectivity index (χ2v) is 7.93. The fourth-order valence-electron chi connectivity index (χ4n) is 2.77. The van der Waals surface area contributed by atoms with E-state index in [1.807, 2.05) is 20.8 Å². The van der Waals surface area contributed by atoms with E-state index in [9.17, 15) is 18.5 Å². The summed E-state index contributed by atoms with van der Waals surface area (Å²) in [6, 6.07) is 4.87. The Kier molecular flexibility index (Phi) is 5.92. The molecule has 24 heavy (non-hydrogen) atoms. The van der Waals surface area contributed by atoms with Gasteiger partial charge >= 0.3 is 0 Å². The van der Waals surface area contributed by atoms with Crippen molar-refractivity contribution in [3.05, 3.63) is 34.4 Å². The van der Waals surface area contributed by atoms with Gasteiger partial charge in [0.05, 0.1) is 22.0 Å². The summed E-state index contributed by atoms with van der Waals surface area (Å²) in [7, 11) is -3.69. The summed E-state index contributed by atoms with van der Waals surface area (Å²) in [5.74, 6) is 0. The third-order valence-electron chi connectivity index (χ3n) is 4.00. The van der Waals surface area contributed by atoms with Gasteiger partial charge in [-0.25, -0.2) is 13.1 Å². The lowest BCUT2D eigenvalue weighted by atomic mass is 10.2. The van der Waals surface area contributed by atoms with Gasteiger partial charge in [-0.15, -0.1) is 0 Å². The summed E-state index contributed by atoms with van der Waals surface area (Å²) in [6.45, 7) is 7.73. The summed E-state index contributed by atoms with van der Waals surface area (Å²) in [5, 5.41) is 10.6. The molecule has 0 radical (unpaired) electrons. The third kappa shape index (κ3) is 4.73. The predicted octanol–water partition coefficient (Wildman–Crippen LogP) is 1.37. The molecule has 0 spiro atoms. The van der Waals surface area contributed by atoms with E-state index in [4.69, 9.17) is 4.74 Å². The lowest BCUT2D eigenvalue weighted by Crippen LogP contribution is -2.52. The molecule has 134 valence electrons. The Morgan fingerprint density at radius 1 is 1.29 bits per heavy atom. The number of hydrogen-bond donors (Lipinski definition) is 1. The number of nitrogens with zero attached hydrogens (tertiary/aromatic N) is 2. The van der Waals surface area contributed by atoms with E-state index in [2.05, 4.69) is 9.62 Å². The maximum Gasteiger partial charge on any atom is 0.269 e. The highest BCUT2D eigenvalue weighted by molar-refractivity contribution is 7.89. The van der Waals surface area contributed by atoms with E-state index in [-0.39, 0.29) is 35.4 Å². The van der Waals surface area contributed by atoms with Crippen LogP contribution < -0.4 is 4.72 Å². The van der Waals surface area contributed by atoms with Crippen molar-refractivity contribution in [2.24, 2.45) is 0 Å². The number of non-ortho nitro benzene ring substituents is 1. The zero-order valence-corrected chi connectivity index (χ0v) is 14.8. The van der Waals surface area contributed by atoms with Crippen molar-refractivity contribution in [2.45, 2.75) is 43.9 Å². The number of nitrogens with one attached hydrogen (secondary N) is 1. The zero-order chi connectivity index (χ0) is 17.9. The van der Waals surface area contributed by atoms with Crippen LogP contribution in [0.4, 0.5) is 5.69 Å². The van der Waals surface area contributed by atoms with Gasteiger partial charge in [0.2, 0.25) is 10.0 Å². The third-order valence-corrected chi connectivity index (χ3v) is 5.44. The first kappa shape index (κ1) is 18.8. The number of nitro groups is 1. The fraction of sp³-hybridized carbons (Fsp3) is 0.600. The van der Waals surface area contributed by atoms with Crippen LogP contribution in [0.3, 0.4) is 0 Å². The van der Waals surface area contributed by atoms with E-state index in [1.165, 1.54) is 24.3 Å². The second-order valence-electron chi connectivity index (χ2n) is 6.16. The van der Waals surface area contributed by atoms with Crippen LogP contribution in [-0.4, -0.2) is 56.1 Å². The van der Waals surface area contributed by atoms with Crippen LogP contribution in [0.15, 0.2) is 29.2 Å². The number of ether oxygens (including phenoxy) is 1. The van der Waals surface area contributed by atoms with E-state index in [0.29, 0.717) is 0 Å². The number of rotatable bonds is 6. The number of nitro benzene ring substituents is 1. The molecule has 1 heterocycles. The minimum absolute atomic E-state index is 0.0176. The molecule has 3 atom stereocenters. The Balaban J connectivity index is 1.97. The first-order valence-electron chi connectivity index (χ1n) is 7.82. The van der Waals surface area contributed by atoms with Gasteiger partial charge in [0.15, 0.2) is 0 Å². The van der Waals surface area contributed by atoms with Crippen molar-refractivity contribution in [2.75, 3.05) is 19.6 Å². The SMILES string of the molecule is C[C@@H]1CN([C@@H](C)CNS(=O)(=O)c2ccc([N+](=O)[O-])cc2)C[C@@H](C)O1. The maximum atomic E-state index is 12.3. The predicted molar refractivity (Wildman–Crippen MR) is 89.3 cm³/mol. The van der Waals surface area contributed by atoms with E-state index >= 15 is 0 Å². The summed E-state index contributed by atoms with van der Waals surface area (Å²) < 4.78 is 32.9. The second kappa shape index (κ2) is 7.56. The van der Waals surface area contributed by atoms with Crippen molar-refractivity contribution in [1.82, 2.24) is 9.62 Å². The number of sulfonamides is 1. The molecule has 0 amide bonds. The Bertz CT molecular complexity index is 667. The van der Waals surface area contributed by atoms with Gasteiger partial charge in [-0.05, 0) is 32.9 Å². The normalized spacial score (nSPS) is 23.8. The molecule has 1 aliphatic rings. The van der Waals surface area contributed by atoms with Crippen molar-refractivity contribution in [1.29, 1.82) is 0 Å². The Labute approximate surface area is 142 Å². The van der Waals surface area contributed by atoms with E-state index in [0.717, 1.165) is 13.1 Å². The molecule has 8 nitrogen and oxygen atoms in total. The Morgan fingerprint density at radius 2 is 1.83 bits per heavy atom. The summed E-state index contributed by atoms with van der Waals surface area (Å²) in [6.07, 6.45) is 0.227. The van der Waals surface area contributed by atoms with Crippen molar-refractivity contribution < 1.29 is 18.1 Å². The van der Waals surface area contributed by atoms with Crippen molar-refractivity contribution in [3.63, 3.8) is 0 Å². The Hall–Kier alpha value is -1.55. The van der Waals surface area contributed by atoms with Gasteiger partial charge in [0, 0.05) is 37.8 Å². The maximum absolute atomic E-state index is 12.3. The lowest BCUT2D eigenvalue weighted by molar-refractivity contribution is -0.384. The molecule has 1 saturated heterocycles. The smallest absolute Gasteiger partial charge is 0.269 e. The molecule has 1 aromatic carbocycles. The van der Waals surface area contributed by atoms with Crippen LogP contribution >= 0.6 is 0 Å². The van der Waals surface area contributed by atoms with Gasteiger partial charge in [-0.3, -0.25) is 15.0 Å². The van der Waals surface area contributed by atoms with Crippen LogP contribution in [0, 0.1) is 10.1 Å². The molecular weight excluding hydrogens is 334 g/mol. The topological polar surface area (TPSA) is 102 Å². The molecule has 0 aliphatic carbocycles. The highest BCUT2D eigenvalue weighted by Gasteiger charge is 2.26. The average Bonchev–Trinajstić information content (AvgIpc) is 2.51. The highest BCUT2D eigenvalue weighted by atomic mass is 32.2. The van der Waals surface area contributed by atoms with Gasteiger partial charge in [-0.2, -0.15) is 0 Å². The lowest BCUT2D eigenvalue weighted by Gasteiger charge is -2.38. The zero-order valence-electron chi connectivity index (χ0n) is 14.0. The minimum atomic E-state index is -3.69. The van der Waals surface area contributed by atoms with Crippen LogP contribution in [0.5, 0.6) is 0 Å². The van der Waals surface area contributed by atoms with Crippen molar-refractivity contribution >= 4 is 15.7 Å². The molecule has 2 rings (SSSR count). The summed E-state index contributed by atoms with van der Waals surface area (Å²) >= 11 is 0. The first-order chi connectivity index (χ1) is 11.2. The van der Waals surface area contributed by atoms with Crippen LogP contribution in [0.25, 0.3) is 0 Å². The molecule has 9 heteroatoms. The molecule has 1 fully saturated rings. The molecule has 1 aromatic rings. The summed E-state index contributed by atoms with van der Waals surface area (Å²) in [5.41, 5.74) is -0.140. The molecule has 0 unspecified atom stereocenters. The molecule has 1 N–H and O–H groups in total. The number of hydrogen-bond acceptors (Lipinski definition) is 6. The number of benzene rings is 1. The van der Waals surface area contributed by atoms with Crippen LogP contribution in [-0.2, 0) is 14.8 Å².